The summed E-state index contributed by atoms with van der Waals surface area (Å²) in [4.78, 5) is -1.10. The second kappa shape index (κ2) is 10.2. The number of hydrogen-bond donors (Lipinski definition) is 2. The van der Waals surface area contributed by atoms with Gasteiger partial charge in [0.15, 0.2) is 0 Å². The molecular weight excluding hydrogens is 343 g/mol. The maximum absolute atomic E-state index is 11.1. The van der Waals surface area contributed by atoms with Crippen molar-refractivity contribution in [1.82, 2.24) is 0 Å². The molecule has 2 unspecified atom stereocenters. The standard InChI is InChI=1S/C12H22O7S2.Na.H/c1-5-7-11(9(3)20(13,14)15)19-12(8-6-2)10(4)21(16,17)18;;/h11-12H,3-8H2,1-2H3,(H,13,14,15)(H,16,17,18);;/q;+1;-1. The molecule has 0 saturated heterocycles. The summed E-state index contributed by atoms with van der Waals surface area (Å²) >= 11 is 0. The molecule has 10 heteroatoms. The third-order valence-electron chi connectivity index (χ3n) is 2.81. The van der Waals surface area contributed by atoms with Crippen LogP contribution in [-0.4, -0.2) is 38.1 Å². The molecule has 126 valence electrons. The summed E-state index contributed by atoms with van der Waals surface area (Å²) in [5, 5.41) is 0. The molecule has 0 aliphatic rings. The first-order chi connectivity index (χ1) is 9.45. The summed E-state index contributed by atoms with van der Waals surface area (Å²) in [6.45, 7) is 10.1. The number of ether oxygens (including phenoxy) is 1. The van der Waals surface area contributed by atoms with E-state index in [2.05, 4.69) is 13.2 Å². The average molecular weight is 366 g/mol. The molecule has 0 saturated carbocycles. The van der Waals surface area contributed by atoms with E-state index in [9.17, 15) is 16.8 Å². The van der Waals surface area contributed by atoms with Gasteiger partial charge in [-0.1, -0.05) is 39.8 Å². The van der Waals surface area contributed by atoms with Crippen molar-refractivity contribution in [1.29, 1.82) is 0 Å². The maximum Gasteiger partial charge on any atom is 1.00 e. The van der Waals surface area contributed by atoms with Crippen LogP contribution in [0.15, 0.2) is 23.0 Å². The molecule has 0 radical (unpaired) electrons. The Morgan fingerprint density at radius 1 is 0.955 bits per heavy atom. The second-order valence-corrected chi connectivity index (χ2v) is 7.52. The molecule has 0 spiro atoms. The predicted molar refractivity (Wildman–Crippen MR) is 81.0 cm³/mol. The van der Waals surface area contributed by atoms with Crippen LogP contribution in [0, 0.1) is 0 Å². The van der Waals surface area contributed by atoms with Crippen LogP contribution in [0.1, 0.15) is 41.0 Å². The van der Waals surface area contributed by atoms with Gasteiger partial charge in [0.25, 0.3) is 20.2 Å². The van der Waals surface area contributed by atoms with E-state index in [0.717, 1.165) is 0 Å². The molecule has 0 heterocycles. The molecule has 0 bridgehead atoms. The first-order valence-electron chi connectivity index (χ1n) is 6.43. The maximum atomic E-state index is 11.1. The molecule has 0 aromatic carbocycles. The van der Waals surface area contributed by atoms with E-state index in [-0.39, 0.29) is 43.8 Å². The van der Waals surface area contributed by atoms with Gasteiger partial charge in [0.1, 0.15) is 0 Å². The fraction of sp³-hybridized carbons (Fsp3) is 0.667. The van der Waals surface area contributed by atoms with Crippen molar-refractivity contribution in [2.75, 3.05) is 0 Å². The molecule has 0 aromatic rings. The average Bonchev–Trinajstić information content (AvgIpc) is 2.33. The van der Waals surface area contributed by atoms with Crippen LogP contribution in [0.25, 0.3) is 0 Å². The second-order valence-electron chi connectivity index (χ2n) is 4.57. The number of rotatable bonds is 10. The molecule has 2 atom stereocenters. The van der Waals surface area contributed by atoms with Gasteiger partial charge in [-0.05, 0) is 12.8 Å². The SMILES string of the molecule is C=C(C(CCC)OC(CCC)C(=C)S(=O)(=O)O)S(=O)(=O)O.[H-].[Na+]. The van der Waals surface area contributed by atoms with Gasteiger partial charge in [-0.3, -0.25) is 9.11 Å². The predicted octanol–water partition coefficient (Wildman–Crippen LogP) is -0.740. The molecule has 0 aliphatic carbocycles. The van der Waals surface area contributed by atoms with Crippen LogP contribution in [0.4, 0.5) is 0 Å². The van der Waals surface area contributed by atoms with Gasteiger partial charge in [0.05, 0.1) is 22.0 Å². The summed E-state index contributed by atoms with van der Waals surface area (Å²) in [5.41, 5.74) is 0. The van der Waals surface area contributed by atoms with E-state index in [0.29, 0.717) is 12.8 Å². The minimum atomic E-state index is -4.51. The van der Waals surface area contributed by atoms with Crippen molar-refractivity contribution >= 4 is 20.2 Å². The van der Waals surface area contributed by atoms with Crippen LogP contribution in [0.5, 0.6) is 0 Å². The summed E-state index contributed by atoms with van der Waals surface area (Å²) < 4.78 is 68.0. The van der Waals surface area contributed by atoms with Crippen LogP contribution in [-0.2, 0) is 25.0 Å². The van der Waals surface area contributed by atoms with Crippen molar-refractivity contribution in [2.24, 2.45) is 0 Å². The summed E-state index contributed by atoms with van der Waals surface area (Å²) in [6, 6.07) is 0. The zero-order valence-corrected chi connectivity index (χ0v) is 16.8. The van der Waals surface area contributed by atoms with Gasteiger partial charge in [-0.2, -0.15) is 16.8 Å². The van der Waals surface area contributed by atoms with Crippen molar-refractivity contribution in [3.63, 3.8) is 0 Å². The first-order valence-corrected chi connectivity index (χ1v) is 9.31. The van der Waals surface area contributed by atoms with Crippen molar-refractivity contribution in [2.45, 2.75) is 51.7 Å². The molecule has 22 heavy (non-hydrogen) atoms. The minimum absolute atomic E-state index is 0. The summed E-state index contributed by atoms with van der Waals surface area (Å²) in [5.74, 6) is 0. The van der Waals surface area contributed by atoms with Crippen LogP contribution >= 0.6 is 0 Å². The van der Waals surface area contributed by atoms with E-state index >= 15 is 0 Å². The normalized spacial score (nSPS) is 14.7. The molecule has 0 rings (SSSR count). The fourth-order valence-corrected chi connectivity index (χ4v) is 2.68. The molecule has 0 aliphatic heterocycles. The largest absolute Gasteiger partial charge is 1.00 e. The molecule has 2 N–H and O–H groups in total. The quantitative estimate of drug-likeness (QED) is 0.386. The third kappa shape index (κ3) is 8.21. The third-order valence-corrected chi connectivity index (χ3v) is 4.66. The Morgan fingerprint density at radius 2 is 1.23 bits per heavy atom. The Balaban J connectivity index is -0.00000200. The van der Waals surface area contributed by atoms with Gasteiger partial charge in [-0.25, -0.2) is 0 Å². The van der Waals surface area contributed by atoms with Crippen molar-refractivity contribution < 1.29 is 61.7 Å². The zero-order valence-electron chi connectivity index (χ0n) is 14.1. The van der Waals surface area contributed by atoms with Gasteiger partial charge in [0.2, 0.25) is 0 Å². The molecule has 0 amide bonds. The van der Waals surface area contributed by atoms with Gasteiger partial charge < -0.3 is 6.16 Å². The van der Waals surface area contributed by atoms with Crippen LogP contribution < -0.4 is 29.6 Å². The smallest absolute Gasteiger partial charge is 1.00 e. The molecule has 7 nitrogen and oxygen atoms in total. The van der Waals surface area contributed by atoms with E-state index in [1.165, 1.54) is 0 Å². The van der Waals surface area contributed by atoms with Crippen molar-refractivity contribution in [3.05, 3.63) is 23.0 Å². The first kappa shape index (κ1) is 24.5. The molecule has 0 fully saturated rings. The van der Waals surface area contributed by atoms with Gasteiger partial charge in [0, 0.05) is 0 Å². The molecule has 0 aromatic heterocycles. The van der Waals surface area contributed by atoms with Gasteiger partial charge >= 0.3 is 29.6 Å². The Labute approximate surface area is 156 Å². The topological polar surface area (TPSA) is 118 Å². The Kier molecular flexibility index (Phi) is 11.4. The monoisotopic (exact) mass is 366 g/mol. The summed E-state index contributed by atoms with van der Waals surface area (Å²) in [7, 11) is -9.01. The minimum Gasteiger partial charge on any atom is -1.00 e. The Hall–Kier alpha value is 0.260. The van der Waals surface area contributed by atoms with E-state index in [1.807, 2.05) is 0 Å². The van der Waals surface area contributed by atoms with E-state index in [1.54, 1.807) is 13.8 Å². The van der Waals surface area contributed by atoms with E-state index < -0.39 is 42.3 Å². The fourth-order valence-electron chi connectivity index (χ4n) is 1.66. The molecular formula is C12H23NaO7S2. The van der Waals surface area contributed by atoms with Gasteiger partial charge in [-0.15, -0.1) is 0 Å². The van der Waals surface area contributed by atoms with Crippen LogP contribution in [0.2, 0.25) is 0 Å². The summed E-state index contributed by atoms with van der Waals surface area (Å²) in [6.07, 6.45) is -0.678. The Morgan fingerprint density at radius 3 is 1.41 bits per heavy atom. The van der Waals surface area contributed by atoms with E-state index in [4.69, 9.17) is 13.8 Å². The van der Waals surface area contributed by atoms with Crippen molar-refractivity contribution in [3.8, 4) is 0 Å². The van der Waals surface area contributed by atoms with Crippen LogP contribution in [0.3, 0.4) is 0 Å². The Bertz CT molecular complexity index is 535. The zero-order chi connectivity index (χ0) is 16.8. The number of hydrogen-bond acceptors (Lipinski definition) is 5.